The lowest BCUT2D eigenvalue weighted by molar-refractivity contribution is 0.200. The molecule has 0 radical (unpaired) electrons. The number of ether oxygens (including phenoxy) is 1. The summed E-state index contributed by atoms with van der Waals surface area (Å²) in [5, 5.41) is 7.15. The van der Waals surface area contributed by atoms with Crippen LogP contribution in [-0.2, 0) is 4.74 Å². The number of aromatic amines is 1. The van der Waals surface area contributed by atoms with Gasteiger partial charge in [-0.3, -0.25) is 0 Å². The summed E-state index contributed by atoms with van der Waals surface area (Å²) in [5.41, 5.74) is 5.34. The number of H-pyrrole nitrogens is 1. The van der Waals surface area contributed by atoms with Crippen LogP contribution in [0.15, 0.2) is 5.16 Å². The molecule has 5 nitrogen and oxygen atoms in total. The average Bonchev–Trinajstić information content (AvgIpc) is 2.45. The summed E-state index contributed by atoms with van der Waals surface area (Å²) in [6, 6.07) is 0. The molecule has 1 rings (SSSR count). The highest BCUT2D eigenvalue weighted by Gasteiger charge is 1.99. The number of nitrogens with two attached hydrogens (primary N) is 1. The summed E-state index contributed by atoms with van der Waals surface area (Å²) in [5.74, 6) is 1.31. The Hall–Kier alpha value is -0.750. The first-order chi connectivity index (χ1) is 5.83. The molecule has 1 aromatic rings. The predicted molar refractivity (Wildman–Crippen MR) is 48.0 cm³/mol. The SMILES string of the molecule is COCCCSc1n[nH]c(N)n1. The van der Waals surface area contributed by atoms with Gasteiger partial charge in [0.15, 0.2) is 0 Å². The van der Waals surface area contributed by atoms with E-state index < -0.39 is 0 Å². The lowest BCUT2D eigenvalue weighted by atomic mass is 10.5. The van der Waals surface area contributed by atoms with Crippen LogP contribution in [0.1, 0.15) is 6.42 Å². The van der Waals surface area contributed by atoms with Gasteiger partial charge in [-0.1, -0.05) is 11.8 Å². The number of hydrogen-bond acceptors (Lipinski definition) is 5. The number of methoxy groups -OCH3 is 1. The number of nitrogens with zero attached hydrogens (tertiary/aromatic N) is 2. The van der Waals surface area contributed by atoms with Crippen LogP contribution in [0.4, 0.5) is 5.95 Å². The minimum Gasteiger partial charge on any atom is -0.385 e. The van der Waals surface area contributed by atoms with Crippen molar-refractivity contribution in [3.63, 3.8) is 0 Å². The Balaban J connectivity index is 2.15. The zero-order valence-electron chi connectivity index (χ0n) is 6.91. The summed E-state index contributed by atoms with van der Waals surface area (Å²) in [6.45, 7) is 0.771. The van der Waals surface area contributed by atoms with Crippen molar-refractivity contribution in [2.24, 2.45) is 0 Å². The smallest absolute Gasteiger partial charge is 0.216 e. The molecule has 6 heteroatoms. The van der Waals surface area contributed by atoms with Crippen molar-refractivity contribution in [3.05, 3.63) is 0 Å². The van der Waals surface area contributed by atoms with Crippen molar-refractivity contribution in [2.75, 3.05) is 25.2 Å². The molecule has 0 aliphatic heterocycles. The maximum atomic E-state index is 5.34. The fourth-order valence-electron chi connectivity index (χ4n) is 0.689. The number of anilines is 1. The summed E-state index contributed by atoms with van der Waals surface area (Å²) in [7, 11) is 1.69. The van der Waals surface area contributed by atoms with E-state index in [1.54, 1.807) is 18.9 Å². The van der Waals surface area contributed by atoms with E-state index in [0.29, 0.717) is 11.1 Å². The van der Waals surface area contributed by atoms with Crippen LogP contribution in [0.25, 0.3) is 0 Å². The lowest BCUT2D eigenvalue weighted by Crippen LogP contribution is -1.90. The molecule has 0 bridgehead atoms. The van der Waals surface area contributed by atoms with Crippen molar-refractivity contribution in [1.82, 2.24) is 15.2 Å². The predicted octanol–water partition coefficient (Wildman–Crippen LogP) is 0.516. The Kier molecular flexibility index (Phi) is 3.89. The monoisotopic (exact) mass is 188 g/mol. The van der Waals surface area contributed by atoms with E-state index in [1.807, 2.05) is 0 Å². The molecule has 0 fully saturated rings. The molecule has 12 heavy (non-hydrogen) atoms. The summed E-state index contributed by atoms with van der Waals surface area (Å²) in [6.07, 6.45) is 0.996. The van der Waals surface area contributed by atoms with E-state index in [2.05, 4.69) is 15.2 Å². The first kappa shape index (κ1) is 9.34. The Morgan fingerprint density at radius 1 is 1.67 bits per heavy atom. The standard InChI is InChI=1S/C6H12N4OS/c1-11-3-2-4-12-6-8-5(7)9-10-6/h2-4H2,1H3,(H3,7,8,9,10). The molecule has 0 saturated carbocycles. The van der Waals surface area contributed by atoms with Crippen molar-refractivity contribution in [1.29, 1.82) is 0 Å². The number of nitrogen functional groups attached to an aromatic ring is 1. The van der Waals surface area contributed by atoms with E-state index in [1.165, 1.54) is 0 Å². The van der Waals surface area contributed by atoms with Crippen LogP contribution in [0.5, 0.6) is 0 Å². The summed E-state index contributed by atoms with van der Waals surface area (Å²) in [4.78, 5) is 3.94. The molecule has 1 aromatic heterocycles. The third-order valence-corrected chi connectivity index (χ3v) is 2.14. The zero-order chi connectivity index (χ0) is 8.81. The summed E-state index contributed by atoms with van der Waals surface area (Å²) < 4.78 is 4.90. The Morgan fingerprint density at radius 3 is 3.08 bits per heavy atom. The molecule has 0 spiro atoms. The van der Waals surface area contributed by atoms with Crippen LogP contribution >= 0.6 is 11.8 Å². The van der Waals surface area contributed by atoms with Gasteiger partial charge in [0.2, 0.25) is 11.1 Å². The van der Waals surface area contributed by atoms with E-state index >= 15 is 0 Å². The highest BCUT2D eigenvalue weighted by Crippen LogP contribution is 2.13. The largest absolute Gasteiger partial charge is 0.385 e. The Labute approximate surface area is 75.1 Å². The van der Waals surface area contributed by atoms with Gasteiger partial charge in [-0.25, -0.2) is 5.10 Å². The van der Waals surface area contributed by atoms with Gasteiger partial charge in [-0.2, -0.15) is 4.98 Å². The van der Waals surface area contributed by atoms with E-state index in [0.717, 1.165) is 18.8 Å². The topological polar surface area (TPSA) is 76.8 Å². The van der Waals surface area contributed by atoms with Crippen LogP contribution in [0.2, 0.25) is 0 Å². The third kappa shape index (κ3) is 3.10. The second kappa shape index (κ2) is 5.00. The van der Waals surface area contributed by atoms with Crippen molar-refractivity contribution < 1.29 is 4.74 Å². The molecular weight excluding hydrogens is 176 g/mol. The number of hydrogen-bond donors (Lipinski definition) is 2. The average molecular weight is 188 g/mol. The first-order valence-electron chi connectivity index (χ1n) is 3.62. The van der Waals surface area contributed by atoms with Crippen LogP contribution in [0.3, 0.4) is 0 Å². The van der Waals surface area contributed by atoms with E-state index in [-0.39, 0.29) is 0 Å². The molecule has 1 heterocycles. The van der Waals surface area contributed by atoms with Gasteiger partial charge >= 0.3 is 0 Å². The maximum Gasteiger partial charge on any atom is 0.216 e. The zero-order valence-corrected chi connectivity index (χ0v) is 7.73. The van der Waals surface area contributed by atoms with E-state index in [4.69, 9.17) is 10.5 Å². The molecule has 0 amide bonds. The summed E-state index contributed by atoms with van der Waals surface area (Å²) >= 11 is 1.57. The number of rotatable bonds is 5. The molecule has 0 aliphatic rings. The van der Waals surface area contributed by atoms with Crippen LogP contribution in [-0.4, -0.2) is 34.7 Å². The van der Waals surface area contributed by atoms with Crippen molar-refractivity contribution in [3.8, 4) is 0 Å². The second-order valence-electron chi connectivity index (χ2n) is 2.20. The molecule has 0 atom stereocenters. The molecule has 0 saturated heterocycles. The quantitative estimate of drug-likeness (QED) is 0.520. The highest BCUT2D eigenvalue weighted by atomic mass is 32.2. The van der Waals surface area contributed by atoms with Gasteiger partial charge in [-0.15, -0.1) is 5.10 Å². The fraction of sp³-hybridized carbons (Fsp3) is 0.667. The third-order valence-electron chi connectivity index (χ3n) is 1.21. The Bertz CT molecular complexity index is 227. The number of nitrogens with one attached hydrogen (secondary N) is 1. The highest BCUT2D eigenvalue weighted by molar-refractivity contribution is 7.99. The molecular formula is C6H12N4OS. The molecule has 0 unspecified atom stereocenters. The van der Waals surface area contributed by atoms with Gasteiger partial charge in [0, 0.05) is 19.5 Å². The maximum absolute atomic E-state index is 5.34. The van der Waals surface area contributed by atoms with Crippen LogP contribution in [0, 0.1) is 0 Å². The van der Waals surface area contributed by atoms with Crippen molar-refractivity contribution in [2.45, 2.75) is 11.6 Å². The molecule has 68 valence electrons. The van der Waals surface area contributed by atoms with Gasteiger partial charge in [0.1, 0.15) is 0 Å². The first-order valence-corrected chi connectivity index (χ1v) is 4.61. The minimum absolute atomic E-state index is 0.365. The molecule has 0 aliphatic carbocycles. The Morgan fingerprint density at radius 2 is 2.50 bits per heavy atom. The normalized spacial score (nSPS) is 10.4. The minimum atomic E-state index is 0.365. The van der Waals surface area contributed by atoms with E-state index in [9.17, 15) is 0 Å². The number of thioether (sulfide) groups is 1. The number of aromatic nitrogens is 3. The fourth-order valence-corrected chi connectivity index (χ4v) is 1.41. The molecule has 0 aromatic carbocycles. The van der Waals surface area contributed by atoms with Gasteiger partial charge in [-0.05, 0) is 6.42 Å². The van der Waals surface area contributed by atoms with Gasteiger partial charge in [0.05, 0.1) is 0 Å². The van der Waals surface area contributed by atoms with Crippen LogP contribution < -0.4 is 5.73 Å². The van der Waals surface area contributed by atoms with Gasteiger partial charge in [0.25, 0.3) is 0 Å². The van der Waals surface area contributed by atoms with Gasteiger partial charge < -0.3 is 10.5 Å². The molecule has 3 N–H and O–H groups in total. The second-order valence-corrected chi connectivity index (χ2v) is 3.26. The lowest BCUT2D eigenvalue weighted by Gasteiger charge is -1.95. The van der Waals surface area contributed by atoms with Crippen molar-refractivity contribution >= 4 is 17.7 Å².